The number of thiol groups is 1. The van der Waals surface area contributed by atoms with Crippen molar-refractivity contribution in [1.29, 1.82) is 0 Å². The van der Waals surface area contributed by atoms with Crippen molar-refractivity contribution in [3.63, 3.8) is 0 Å². The normalized spacial score (nSPS) is 14.7. The summed E-state index contributed by atoms with van der Waals surface area (Å²) in [7, 11) is -7.82. The quantitative estimate of drug-likeness (QED) is 0.377. The highest BCUT2D eigenvalue weighted by Gasteiger charge is 2.41. The Bertz CT molecular complexity index is 638. The van der Waals surface area contributed by atoms with E-state index in [1.165, 1.54) is 12.1 Å². The lowest BCUT2D eigenvalue weighted by Crippen LogP contribution is -1.95. The monoisotopic (exact) mass is 322 g/mol. The van der Waals surface area contributed by atoms with E-state index in [-0.39, 0.29) is 10.6 Å². The first-order valence-electron chi connectivity index (χ1n) is 5.65. The van der Waals surface area contributed by atoms with E-state index in [0.717, 1.165) is 18.2 Å². The summed E-state index contributed by atoms with van der Waals surface area (Å²) in [4.78, 5) is -1.24. The van der Waals surface area contributed by atoms with E-state index < -0.39 is 15.6 Å². The summed E-state index contributed by atoms with van der Waals surface area (Å²) in [5.74, 6) is 0. The van der Waals surface area contributed by atoms with Crippen molar-refractivity contribution in [1.82, 2.24) is 0 Å². The van der Waals surface area contributed by atoms with Gasteiger partial charge in [-0.2, -0.15) is 0 Å². The maximum atomic E-state index is 13.0. The summed E-state index contributed by atoms with van der Waals surface area (Å²) in [5, 5.41) is 0.124. The third kappa shape index (κ3) is 3.55. The molecule has 108 valence electrons. The molecule has 0 heterocycles. The van der Waals surface area contributed by atoms with Crippen LogP contribution in [-0.2, 0) is 0 Å². The Kier molecular flexibility index (Phi) is 3.84. The topological polar surface area (TPSA) is 0 Å². The number of hydrogen-bond acceptors (Lipinski definition) is 0. The highest BCUT2D eigenvalue weighted by molar-refractivity contribution is 8.33. The summed E-state index contributed by atoms with van der Waals surface area (Å²) in [6.07, 6.45) is 1.13. The molecule has 0 aliphatic rings. The first-order chi connectivity index (χ1) is 9.24. The molecule has 0 radical (unpaired) electrons. The van der Waals surface area contributed by atoms with Gasteiger partial charge in [-0.15, -0.1) is 15.5 Å². The summed E-state index contributed by atoms with van der Waals surface area (Å²) >= 11 is 5.99. The van der Waals surface area contributed by atoms with E-state index in [1.54, 1.807) is 30.3 Å². The molecule has 0 aliphatic heterocycles. The zero-order valence-corrected chi connectivity index (χ0v) is 11.8. The van der Waals surface area contributed by atoms with Crippen LogP contribution in [0.2, 0.25) is 0 Å². The second-order valence-electron chi connectivity index (χ2n) is 4.14. The average molecular weight is 323 g/mol. The first kappa shape index (κ1) is 14.9. The van der Waals surface area contributed by atoms with Crippen molar-refractivity contribution in [2.45, 2.75) is 4.90 Å². The lowest BCUT2D eigenvalue weighted by atomic mass is 10.1. The van der Waals surface area contributed by atoms with Gasteiger partial charge in [-0.1, -0.05) is 60.1 Å². The van der Waals surface area contributed by atoms with E-state index in [1.807, 2.05) is 0 Å². The van der Waals surface area contributed by atoms with E-state index in [2.05, 4.69) is 0 Å². The second-order valence-corrected chi connectivity index (χ2v) is 6.47. The molecule has 0 nitrogen and oxygen atoms in total. The van der Waals surface area contributed by atoms with Crippen LogP contribution >= 0.6 is 22.3 Å². The molecular weight excluding hydrogens is 312 g/mol. The maximum Gasteiger partial charge on any atom is 0.179 e. The molecule has 6 heteroatoms. The minimum absolute atomic E-state index is 0.124. The zero-order valence-electron chi connectivity index (χ0n) is 10.1. The van der Waals surface area contributed by atoms with Gasteiger partial charge in [0.15, 0.2) is 10.7 Å². The van der Waals surface area contributed by atoms with Crippen LogP contribution in [0.3, 0.4) is 0 Å². The molecule has 2 rings (SSSR count). The van der Waals surface area contributed by atoms with Gasteiger partial charge in [0.05, 0.1) is 4.90 Å². The predicted octanol–water partition coefficient (Wildman–Crippen LogP) is 6.39. The largest absolute Gasteiger partial charge is 0.179 e. The number of hydrogen-bond donors (Lipinski definition) is 1. The van der Waals surface area contributed by atoms with Gasteiger partial charge < -0.3 is 0 Å². The lowest BCUT2D eigenvalue weighted by molar-refractivity contribution is 0.495. The molecule has 0 aromatic heterocycles. The Labute approximate surface area is 120 Å². The van der Waals surface area contributed by atoms with E-state index >= 15 is 0 Å². The fraction of sp³-hybridized carbons (Fsp3) is 0. The van der Waals surface area contributed by atoms with Crippen LogP contribution in [0, 0.1) is 0 Å². The van der Waals surface area contributed by atoms with Crippen LogP contribution in [0.15, 0.2) is 59.5 Å². The standard InChI is InChI=1S/C14H11ClF4S/c15-13(11-6-2-1-3-7-11)10-12-8-4-5-9-14(12)20(16,17,18)19/h1-10,20H/b13-10+. The Morgan fingerprint density at radius 3 is 2.00 bits per heavy atom. The average Bonchev–Trinajstić information content (AvgIpc) is 2.38. The van der Waals surface area contributed by atoms with Crippen molar-refractivity contribution < 1.29 is 15.5 Å². The molecule has 0 atom stereocenters. The van der Waals surface area contributed by atoms with Gasteiger partial charge in [0.1, 0.15) is 0 Å². The molecule has 20 heavy (non-hydrogen) atoms. The number of benzene rings is 2. The molecule has 0 bridgehead atoms. The third-order valence-electron chi connectivity index (χ3n) is 2.63. The molecule has 0 N–H and O–H groups in total. The van der Waals surface area contributed by atoms with Crippen molar-refractivity contribution in [2.24, 2.45) is 0 Å². The molecule has 0 fully saturated rings. The van der Waals surface area contributed by atoms with Crippen LogP contribution in [0.25, 0.3) is 11.1 Å². The molecule has 0 saturated heterocycles. The van der Waals surface area contributed by atoms with E-state index in [4.69, 9.17) is 11.6 Å². The van der Waals surface area contributed by atoms with Gasteiger partial charge in [-0.3, -0.25) is 0 Å². The van der Waals surface area contributed by atoms with Crippen LogP contribution in [-0.4, -0.2) is 0 Å². The highest BCUT2D eigenvalue weighted by atomic mass is 35.5. The Morgan fingerprint density at radius 1 is 0.850 bits per heavy atom. The van der Waals surface area contributed by atoms with Crippen LogP contribution in [0.1, 0.15) is 11.1 Å². The van der Waals surface area contributed by atoms with Gasteiger partial charge >= 0.3 is 0 Å². The Hall–Kier alpha value is -1.46. The molecule has 0 amide bonds. The van der Waals surface area contributed by atoms with Gasteiger partial charge in [0, 0.05) is 5.03 Å². The summed E-state index contributed by atoms with van der Waals surface area (Å²) in [6, 6.07) is 13.0. The van der Waals surface area contributed by atoms with E-state index in [9.17, 15) is 15.5 Å². The molecule has 2 aromatic carbocycles. The minimum atomic E-state index is -7.82. The highest BCUT2D eigenvalue weighted by Crippen LogP contribution is 2.82. The molecule has 0 spiro atoms. The van der Waals surface area contributed by atoms with Crippen molar-refractivity contribution >= 4 is 33.4 Å². The van der Waals surface area contributed by atoms with Gasteiger partial charge in [-0.05, 0) is 23.3 Å². The van der Waals surface area contributed by atoms with Crippen LogP contribution in [0.5, 0.6) is 0 Å². The van der Waals surface area contributed by atoms with Crippen LogP contribution < -0.4 is 0 Å². The fourth-order valence-electron chi connectivity index (χ4n) is 1.73. The summed E-state index contributed by atoms with van der Waals surface area (Å²) in [5.41, 5.74) is 0.300. The van der Waals surface area contributed by atoms with Crippen molar-refractivity contribution in [3.8, 4) is 0 Å². The van der Waals surface area contributed by atoms with E-state index in [0.29, 0.717) is 5.56 Å². The third-order valence-corrected chi connectivity index (χ3v) is 4.10. The predicted molar refractivity (Wildman–Crippen MR) is 78.3 cm³/mol. The first-order valence-corrected chi connectivity index (χ1v) is 7.83. The van der Waals surface area contributed by atoms with Gasteiger partial charge in [0.25, 0.3) is 0 Å². The molecule has 0 saturated carbocycles. The Morgan fingerprint density at radius 2 is 1.40 bits per heavy atom. The summed E-state index contributed by atoms with van der Waals surface area (Å²) in [6.45, 7) is 0. The summed E-state index contributed by atoms with van der Waals surface area (Å²) < 4.78 is 51.9. The van der Waals surface area contributed by atoms with Gasteiger partial charge in [0.2, 0.25) is 0 Å². The van der Waals surface area contributed by atoms with Gasteiger partial charge in [-0.25, -0.2) is 0 Å². The maximum absolute atomic E-state index is 13.0. The zero-order chi connectivity index (χ0) is 14.8. The van der Waals surface area contributed by atoms with Crippen molar-refractivity contribution in [2.75, 3.05) is 0 Å². The Balaban J connectivity index is 2.51. The number of rotatable bonds is 3. The fourth-order valence-corrected chi connectivity index (χ4v) is 2.82. The second kappa shape index (κ2) is 5.14. The number of halogens is 5. The SMILES string of the molecule is F[SH](F)(F)(F)c1ccccc1/C=C(/Cl)c1ccccc1. The molecule has 2 aromatic rings. The minimum Gasteiger partial charge on any atom is -0.123 e. The molecule has 0 unspecified atom stereocenters. The van der Waals surface area contributed by atoms with Crippen molar-refractivity contribution in [3.05, 3.63) is 65.7 Å². The smallest absolute Gasteiger partial charge is 0.123 e. The molecule has 0 aliphatic carbocycles. The lowest BCUT2D eigenvalue weighted by Gasteiger charge is -2.30. The van der Waals surface area contributed by atoms with Crippen LogP contribution in [0.4, 0.5) is 15.5 Å². The molecular formula is C14H11ClF4S.